The molecule has 0 spiro atoms. The highest BCUT2D eigenvalue weighted by Gasteiger charge is 2.45. The first kappa shape index (κ1) is 22.6. The molecule has 0 unspecified atom stereocenters. The minimum Gasteiger partial charge on any atom is -0.449 e. The quantitative estimate of drug-likeness (QED) is 0.654. The molecular weight excluding hydrogens is 396 g/mol. The Balaban J connectivity index is 1.72. The number of ether oxygens (including phenoxy) is 3. The van der Waals surface area contributed by atoms with Crippen molar-refractivity contribution in [2.24, 2.45) is 0 Å². The van der Waals surface area contributed by atoms with Crippen LogP contribution in [0.5, 0.6) is 0 Å². The Morgan fingerprint density at radius 2 is 1.58 bits per heavy atom. The van der Waals surface area contributed by atoms with Crippen LogP contribution in [-0.2, 0) is 20.8 Å². The Kier molecular flexibility index (Phi) is 7.89. The van der Waals surface area contributed by atoms with E-state index in [9.17, 15) is 9.59 Å². The summed E-state index contributed by atoms with van der Waals surface area (Å²) in [5, 5.41) is 0. The summed E-state index contributed by atoms with van der Waals surface area (Å²) in [7, 11) is 1.62. The largest absolute Gasteiger partial charge is 0.449 e. The van der Waals surface area contributed by atoms with E-state index in [0.717, 1.165) is 11.3 Å². The van der Waals surface area contributed by atoms with Crippen LogP contribution in [0, 0.1) is 0 Å². The van der Waals surface area contributed by atoms with Gasteiger partial charge in [-0.3, -0.25) is 4.90 Å². The summed E-state index contributed by atoms with van der Waals surface area (Å²) in [6, 6.07) is 19.0. The first-order valence-electron chi connectivity index (χ1n) is 10.6. The Morgan fingerprint density at radius 1 is 0.968 bits per heavy atom. The molecule has 0 radical (unpaired) electrons. The van der Waals surface area contributed by atoms with Crippen LogP contribution in [0.15, 0.2) is 60.7 Å². The molecule has 0 atom stereocenters. The third-order valence-corrected chi connectivity index (χ3v) is 5.51. The summed E-state index contributed by atoms with van der Waals surface area (Å²) in [6.07, 6.45) is 0.340. The second kappa shape index (κ2) is 10.8. The SMILES string of the molecule is CCOC(=O)N(c1ccccc1)C1(COC)CCN(C(=O)OCc2ccccc2)CC1. The highest BCUT2D eigenvalue weighted by molar-refractivity contribution is 5.89. The fraction of sp³-hybridized carbons (Fsp3) is 0.417. The number of amides is 2. The number of methoxy groups -OCH3 is 1. The van der Waals surface area contributed by atoms with Gasteiger partial charge in [0.05, 0.1) is 18.8 Å². The van der Waals surface area contributed by atoms with E-state index in [2.05, 4.69) is 0 Å². The van der Waals surface area contributed by atoms with Crippen LogP contribution in [-0.4, -0.2) is 56.0 Å². The predicted octanol–water partition coefficient (Wildman–Crippen LogP) is 4.47. The monoisotopic (exact) mass is 426 g/mol. The Hall–Kier alpha value is -3.06. The maximum atomic E-state index is 12.9. The molecular formula is C24H30N2O5. The standard InChI is InChI=1S/C24H30N2O5/c1-3-30-23(28)26(21-12-8-5-9-13-21)24(19-29-2)14-16-25(17-15-24)22(27)31-18-20-10-6-4-7-11-20/h4-13H,3,14-19H2,1-2H3. The van der Waals surface area contributed by atoms with Crippen molar-refractivity contribution >= 4 is 17.9 Å². The average molecular weight is 427 g/mol. The molecule has 2 aromatic carbocycles. The molecule has 2 amide bonds. The zero-order chi connectivity index (χ0) is 22.1. The minimum absolute atomic E-state index is 0.234. The van der Waals surface area contributed by atoms with Crippen LogP contribution in [0.3, 0.4) is 0 Å². The molecule has 7 heteroatoms. The second-order valence-electron chi connectivity index (χ2n) is 7.55. The van der Waals surface area contributed by atoms with Crippen molar-refractivity contribution in [1.29, 1.82) is 0 Å². The third-order valence-electron chi connectivity index (χ3n) is 5.51. The van der Waals surface area contributed by atoms with E-state index in [1.807, 2.05) is 60.7 Å². The van der Waals surface area contributed by atoms with Gasteiger partial charge in [0.15, 0.2) is 0 Å². The van der Waals surface area contributed by atoms with Gasteiger partial charge >= 0.3 is 12.2 Å². The van der Waals surface area contributed by atoms with Gasteiger partial charge in [0.2, 0.25) is 0 Å². The number of likely N-dealkylation sites (tertiary alicyclic amines) is 1. The number of anilines is 1. The maximum Gasteiger partial charge on any atom is 0.414 e. The smallest absolute Gasteiger partial charge is 0.414 e. The highest BCUT2D eigenvalue weighted by atomic mass is 16.6. The lowest BCUT2D eigenvalue weighted by Crippen LogP contribution is -2.61. The summed E-state index contributed by atoms with van der Waals surface area (Å²) < 4.78 is 16.4. The third kappa shape index (κ3) is 5.55. The van der Waals surface area contributed by atoms with Crippen molar-refractivity contribution in [3.05, 3.63) is 66.2 Å². The number of carbonyl (C=O) groups excluding carboxylic acids is 2. The van der Waals surface area contributed by atoms with Crippen LogP contribution in [0.4, 0.5) is 15.3 Å². The normalized spacial score (nSPS) is 15.2. The summed E-state index contributed by atoms with van der Waals surface area (Å²) >= 11 is 0. The average Bonchev–Trinajstić information content (AvgIpc) is 2.80. The van der Waals surface area contributed by atoms with E-state index in [0.29, 0.717) is 32.5 Å². The van der Waals surface area contributed by atoms with Crippen molar-refractivity contribution in [3.63, 3.8) is 0 Å². The number of piperidine rings is 1. The Labute approximate surface area is 183 Å². The van der Waals surface area contributed by atoms with Gasteiger partial charge in [-0.1, -0.05) is 48.5 Å². The van der Waals surface area contributed by atoms with Crippen LogP contribution in [0.25, 0.3) is 0 Å². The minimum atomic E-state index is -0.613. The molecule has 0 aliphatic carbocycles. The van der Waals surface area contributed by atoms with Gasteiger partial charge in [0.1, 0.15) is 6.61 Å². The van der Waals surface area contributed by atoms with Crippen molar-refractivity contribution in [3.8, 4) is 0 Å². The fourth-order valence-electron chi connectivity index (χ4n) is 3.96. The van der Waals surface area contributed by atoms with E-state index >= 15 is 0 Å². The molecule has 1 aliphatic rings. The number of nitrogens with zero attached hydrogens (tertiary/aromatic N) is 2. The van der Waals surface area contributed by atoms with Gasteiger partial charge in [-0.25, -0.2) is 9.59 Å². The Morgan fingerprint density at radius 3 is 2.16 bits per heavy atom. The lowest BCUT2D eigenvalue weighted by molar-refractivity contribution is 0.0503. The second-order valence-corrected chi connectivity index (χ2v) is 7.55. The van der Waals surface area contributed by atoms with Gasteiger partial charge in [-0.05, 0) is 37.5 Å². The first-order chi connectivity index (χ1) is 15.1. The van der Waals surface area contributed by atoms with Crippen molar-refractivity contribution < 1.29 is 23.8 Å². The topological polar surface area (TPSA) is 68.3 Å². The molecule has 31 heavy (non-hydrogen) atoms. The summed E-state index contributed by atoms with van der Waals surface area (Å²) in [5.74, 6) is 0. The lowest BCUT2D eigenvalue weighted by Gasteiger charge is -2.47. The highest BCUT2D eigenvalue weighted by Crippen LogP contribution is 2.34. The number of rotatable bonds is 7. The molecule has 0 aromatic heterocycles. The molecule has 2 aromatic rings. The summed E-state index contributed by atoms with van der Waals surface area (Å²) in [5.41, 5.74) is 1.08. The van der Waals surface area contributed by atoms with Crippen LogP contribution in [0.2, 0.25) is 0 Å². The van der Waals surface area contributed by atoms with E-state index in [-0.39, 0.29) is 19.3 Å². The van der Waals surface area contributed by atoms with Gasteiger partial charge in [0.25, 0.3) is 0 Å². The van der Waals surface area contributed by atoms with E-state index < -0.39 is 11.6 Å². The number of benzene rings is 2. The Bertz CT molecular complexity index is 836. The fourth-order valence-corrected chi connectivity index (χ4v) is 3.96. The first-order valence-corrected chi connectivity index (χ1v) is 10.6. The van der Waals surface area contributed by atoms with Gasteiger partial charge in [-0.15, -0.1) is 0 Å². The molecule has 1 aliphatic heterocycles. The molecule has 0 saturated carbocycles. The zero-order valence-electron chi connectivity index (χ0n) is 18.2. The molecule has 0 N–H and O–H groups in total. The molecule has 7 nitrogen and oxygen atoms in total. The number of para-hydroxylation sites is 1. The maximum absolute atomic E-state index is 12.9. The molecule has 3 rings (SSSR count). The molecule has 166 valence electrons. The van der Waals surface area contributed by atoms with E-state index in [1.54, 1.807) is 23.8 Å². The van der Waals surface area contributed by atoms with Gasteiger partial charge in [0, 0.05) is 25.9 Å². The van der Waals surface area contributed by atoms with Gasteiger partial charge in [-0.2, -0.15) is 0 Å². The number of hydrogen-bond donors (Lipinski definition) is 0. The van der Waals surface area contributed by atoms with E-state index in [4.69, 9.17) is 14.2 Å². The van der Waals surface area contributed by atoms with Crippen molar-refractivity contribution in [2.45, 2.75) is 31.9 Å². The molecule has 0 bridgehead atoms. The summed E-state index contributed by atoms with van der Waals surface area (Å²) in [6.45, 7) is 3.56. The number of carbonyl (C=O) groups is 2. The number of hydrogen-bond acceptors (Lipinski definition) is 5. The van der Waals surface area contributed by atoms with Crippen LogP contribution < -0.4 is 4.90 Å². The van der Waals surface area contributed by atoms with Crippen molar-refractivity contribution in [2.75, 3.05) is 38.3 Å². The van der Waals surface area contributed by atoms with Crippen LogP contribution >= 0.6 is 0 Å². The predicted molar refractivity (Wildman–Crippen MR) is 118 cm³/mol. The molecule has 1 heterocycles. The zero-order valence-corrected chi connectivity index (χ0v) is 18.2. The summed E-state index contributed by atoms with van der Waals surface area (Å²) in [4.78, 5) is 28.9. The van der Waals surface area contributed by atoms with Crippen molar-refractivity contribution in [1.82, 2.24) is 4.90 Å². The molecule has 1 fully saturated rings. The van der Waals surface area contributed by atoms with E-state index in [1.165, 1.54) is 0 Å². The lowest BCUT2D eigenvalue weighted by atomic mass is 9.86. The van der Waals surface area contributed by atoms with Gasteiger partial charge < -0.3 is 19.1 Å². The molecule has 1 saturated heterocycles. The van der Waals surface area contributed by atoms with Crippen LogP contribution in [0.1, 0.15) is 25.3 Å².